The van der Waals surface area contributed by atoms with Gasteiger partial charge in [0.15, 0.2) is 0 Å². The summed E-state index contributed by atoms with van der Waals surface area (Å²) in [5.41, 5.74) is 1.30. The molecule has 23 heavy (non-hydrogen) atoms. The molecule has 7 heteroatoms. The van der Waals surface area contributed by atoms with Gasteiger partial charge in [-0.25, -0.2) is 4.79 Å². The number of fused-ring (bicyclic) bond motifs is 3. The SMILES string of the molecule is O=C1Nc2ccc([N+](=O)[O-])cc2C2(c3ccccc3)NCCN12. The van der Waals surface area contributed by atoms with Crippen LogP contribution < -0.4 is 10.6 Å². The number of carbonyl (C=O) groups excluding carboxylic acids is 1. The van der Waals surface area contributed by atoms with Gasteiger partial charge in [-0.05, 0) is 11.6 Å². The van der Waals surface area contributed by atoms with Gasteiger partial charge in [0, 0.05) is 30.8 Å². The Morgan fingerprint density at radius 2 is 1.96 bits per heavy atom. The van der Waals surface area contributed by atoms with Gasteiger partial charge in [-0.2, -0.15) is 0 Å². The van der Waals surface area contributed by atoms with Crippen LogP contribution in [-0.2, 0) is 5.66 Å². The molecule has 1 atom stereocenters. The lowest BCUT2D eigenvalue weighted by Crippen LogP contribution is -2.56. The Kier molecular flexibility index (Phi) is 2.85. The van der Waals surface area contributed by atoms with Crippen molar-refractivity contribution >= 4 is 17.4 Å². The minimum atomic E-state index is -0.870. The molecule has 4 rings (SSSR count). The maximum Gasteiger partial charge on any atom is 0.323 e. The van der Waals surface area contributed by atoms with Crippen LogP contribution in [-0.4, -0.2) is 28.9 Å². The van der Waals surface area contributed by atoms with Gasteiger partial charge < -0.3 is 5.32 Å². The largest absolute Gasteiger partial charge is 0.323 e. The Bertz CT molecular complexity index is 808. The number of urea groups is 1. The van der Waals surface area contributed by atoms with Crippen LogP contribution >= 0.6 is 0 Å². The number of non-ortho nitro benzene ring substituents is 1. The highest BCUT2D eigenvalue weighted by Gasteiger charge is 2.51. The van der Waals surface area contributed by atoms with Crippen molar-refractivity contribution in [1.29, 1.82) is 0 Å². The summed E-state index contributed by atoms with van der Waals surface area (Å²) >= 11 is 0. The zero-order valence-electron chi connectivity index (χ0n) is 12.2. The van der Waals surface area contributed by atoms with Crippen LogP contribution in [0.1, 0.15) is 11.1 Å². The molecule has 2 aromatic carbocycles. The van der Waals surface area contributed by atoms with Gasteiger partial charge >= 0.3 is 6.03 Å². The smallest absolute Gasteiger partial charge is 0.307 e. The average Bonchev–Trinajstić information content (AvgIpc) is 3.02. The number of benzene rings is 2. The molecule has 2 aromatic rings. The van der Waals surface area contributed by atoms with E-state index in [0.717, 1.165) is 5.56 Å². The molecule has 2 aliphatic rings. The van der Waals surface area contributed by atoms with Gasteiger partial charge in [0.05, 0.1) is 10.6 Å². The molecule has 116 valence electrons. The van der Waals surface area contributed by atoms with E-state index in [0.29, 0.717) is 24.3 Å². The van der Waals surface area contributed by atoms with Crippen molar-refractivity contribution in [2.24, 2.45) is 0 Å². The first-order chi connectivity index (χ1) is 11.1. The van der Waals surface area contributed by atoms with Crippen LogP contribution in [0, 0.1) is 10.1 Å². The minimum absolute atomic E-state index is 0.00357. The zero-order valence-corrected chi connectivity index (χ0v) is 12.2. The van der Waals surface area contributed by atoms with Crippen molar-refractivity contribution in [2.45, 2.75) is 5.66 Å². The molecule has 0 saturated carbocycles. The summed E-state index contributed by atoms with van der Waals surface area (Å²) in [6.07, 6.45) is 0. The normalized spacial score (nSPS) is 22.3. The number of amides is 2. The summed E-state index contributed by atoms with van der Waals surface area (Å²) in [5, 5.41) is 17.4. The summed E-state index contributed by atoms with van der Waals surface area (Å²) in [6.45, 7) is 1.15. The summed E-state index contributed by atoms with van der Waals surface area (Å²) in [6, 6.07) is 13.9. The summed E-state index contributed by atoms with van der Waals surface area (Å²) in [7, 11) is 0. The van der Waals surface area contributed by atoms with Crippen molar-refractivity contribution < 1.29 is 9.72 Å². The second kappa shape index (κ2) is 4.79. The van der Waals surface area contributed by atoms with E-state index >= 15 is 0 Å². The fourth-order valence-electron chi connectivity index (χ4n) is 3.44. The van der Waals surface area contributed by atoms with Gasteiger partial charge in [-0.1, -0.05) is 30.3 Å². The Morgan fingerprint density at radius 3 is 2.70 bits per heavy atom. The van der Waals surface area contributed by atoms with Crippen LogP contribution in [0.3, 0.4) is 0 Å². The summed E-state index contributed by atoms with van der Waals surface area (Å²) in [5.74, 6) is 0. The maximum atomic E-state index is 12.5. The quantitative estimate of drug-likeness (QED) is 0.658. The number of rotatable bonds is 2. The molecule has 0 bridgehead atoms. The molecule has 2 heterocycles. The number of carbonyl (C=O) groups is 1. The van der Waals surface area contributed by atoms with E-state index < -0.39 is 10.6 Å². The van der Waals surface area contributed by atoms with Crippen LogP contribution in [0.4, 0.5) is 16.2 Å². The first kappa shape index (κ1) is 13.7. The maximum absolute atomic E-state index is 12.5. The van der Waals surface area contributed by atoms with Gasteiger partial charge in [0.2, 0.25) is 0 Å². The predicted molar refractivity (Wildman–Crippen MR) is 84.0 cm³/mol. The highest BCUT2D eigenvalue weighted by molar-refractivity contribution is 5.95. The average molecular weight is 310 g/mol. The van der Waals surface area contributed by atoms with Crippen LogP contribution in [0.5, 0.6) is 0 Å². The van der Waals surface area contributed by atoms with Crippen LogP contribution in [0.2, 0.25) is 0 Å². The Hall–Kier alpha value is -2.93. The summed E-state index contributed by atoms with van der Waals surface area (Å²) < 4.78 is 0. The van der Waals surface area contributed by atoms with Crippen molar-refractivity contribution in [3.63, 3.8) is 0 Å². The molecule has 0 aliphatic carbocycles. The molecule has 0 aromatic heterocycles. The molecular weight excluding hydrogens is 296 g/mol. The third-order valence-electron chi connectivity index (χ3n) is 4.40. The van der Waals surface area contributed by atoms with Crippen molar-refractivity contribution in [2.75, 3.05) is 18.4 Å². The topological polar surface area (TPSA) is 87.5 Å². The first-order valence-corrected chi connectivity index (χ1v) is 7.31. The lowest BCUT2D eigenvalue weighted by molar-refractivity contribution is -0.385. The van der Waals surface area contributed by atoms with E-state index in [1.807, 2.05) is 30.3 Å². The first-order valence-electron chi connectivity index (χ1n) is 7.31. The second-order valence-corrected chi connectivity index (χ2v) is 5.57. The van der Waals surface area contributed by atoms with E-state index in [2.05, 4.69) is 10.6 Å². The third-order valence-corrected chi connectivity index (χ3v) is 4.40. The van der Waals surface area contributed by atoms with Gasteiger partial charge in [-0.3, -0.25) is 20.3 Å². The molecule has 0 radical (unpaired) electrons. The highest BCUT2D eigenvalue weighted by atomic mass is 16.6. The molecule has 2 aliphatic heterocycles. The lowest BCUT2D eigenvalue weighted by atomic mass is 9.87. The Balaban J connectivity index is 2.01. The van der Waals surface area contributed by atoms with E-state index in [1.54, 1.807) is 11.0 Å². The fraction of sp³-hybridized carbons (Fsp3) is 0.188. The molecule has 2 N–H and O–H groups in total. The fourth-order valence-corrected chi connectivity index (χ4v) is 3.44. The number of hydrogen-bond acceptors (Lipinski definition) is 4. The number of anilines is 1. The third kappa shape index (κ3) is 1.83. The highest BCUT2D eigenvalue weighted by Crippen LogP contribution is 2.44. The van der Waals surface area contributed by atoms with Crippen molar-refractivity contribution in [3.8, 4) is 0 Å². The van der Waals surface area contributed by atoms with Gasteiger partial charge in [-0.15, -0.1) is 0 Å². The molecule has 7 nitrogen and oxygen atoms in total. The van der Waals surface area contributed by atoms with Crippen molar-refractivity contribution in [3.05, 3.63) is 69.8 Å². The molecule has 1 fully saturated rings. The van der Waals surface area contributed by atoms with Crippen LogP contribution in [0.25, 0.3) is 0 Å². The minimum Gasteiger partial charge on any atom is -0.307 e. The van der Waals surface area contributed by atoms with E-state index in [-0.39, 0.29) is 11.7 Å². The predicted octanol–water partition coefficient (Wildman–Crippen LogP) is 2.25. The molecule has 1 saturated heterocycles. The monoisotopic (exact) mass is 310 g/mol. The lowest BCUT2D eigenvalue weighted by Gasteiger charge is -2.43. The molecule has 0 spiro atoms. The number of nitrogens with one attached hydrogen (secondary N) is 2. The standard InChI is InChI=1S/C16H14N4O3/c21-15-18-14-7-6-12(20(22)23)10-13(14)16(17-8-9-19(15)16)11-4-2-1-3-5-11/h1-7,10,17H,8-9H2,(H,18,21). The molecule has 2 amide bonds. The van der Waals surface area contributed by atoms with E-state index in [1.165, 1.54) is 12.1 Å². The second-order valence-electron chi connectivity index (χ2n) is 5.57. The Morgan fingerprint density at radius 1 is 1.17 bits per heavy atom. The molecule has 1 unspecified atom stereocenters. The van der Waals surface area contributed by atoms with Crippen molar-refractivity contribution in [1.82, 2.24) is 10.2 Å². The van der Waals surface area contributed by atoms with Gasteiger partial charge in [0.25, 0.3) is 5.69 Å². The Labute approximate surface area is 132 Å². The number of nitro groups is 1. The van der Waals surface area contributed by atoms with E-state index in [9.17, 15) is 14.9 Å². The zero-order chi connectivity index (χ0) is 16.0. The van der Waals surface area contributed by atoms with E-state index in [4.69, 9.17) is 0 Å². The number of nitrogens with zero attached hydrogens (tertiary/aromatic N) is 2. The summed E-state index contributed by atoms with van der Waals surface area (Å²) in [4.78, 5) is 24.9. The van der Waals surface area contributed by atoms with Crippen LogP contribution in [0.15, 0.2) is 48.5 Å². The van der Waals surface area contributed by atoms with Gasteiger partial charge in [0.1, 0.15) is 5.66 Å². The number of hydrogen-bond donors (Lipinski definition) is 2. The molecular formula is C16H14N4O3. The number of nitro benzene ring substituents is 1.